The maximum absolute atomic E-state index is 14.4. The lowest BCUT2D eigenvalue weighted by Crippen LogP contribution is -2.15. The predicted octanol–water partition coefficient (Wildman–Crippen LogP) is 23.5. The van der Waals surface area contributed by atoms with Gasteiger partial charge in [0.25, 0.3) is 0 Å². The van der Waals surface area contributed by atoms with Crippen LogP contribution in [-0.4, -0.2) is 0 Å². The molecule has 406 valence electrons. The highest BCUT2D eigenvalue weighted by molar-refractivity contribution is 6.30. The van der Waals surface area contributed by atoms with Gasteiger partial charge in [0.15, 0.2) is 0 Å². The summed E-state index contributed by atoms with van der Waals surface area (Å²) in [6.07, 6.45) is 0. The van der Waals surface area contributed by atoms with Gasteiger partial charge in [-0.3, -0.25) is 0 Å². The Hall–Kier alpha value is -10.3. The van der Waals surface area contributed by atoms with Crippen molar-refractivity contribution in [3.05, 3.63) is 301 Å². The summed E-state index contributed by atoms with van der Waals surface area (Å²) in [6, 6.07) is 95.3. The summed E-state index contributed by atoms with van der Waals surface area (Å²) in [7, 11) is 0. The molecule has 15 aromatic rings. The Morgan fingerprint density at radius 3 is 0.628 bits per heavy atom. The predicted molar refractivity (Wildman–Crippen MR) is 359 cm³/mol. The summed E-state index contributed by atoms with van der Waals surface area (Å²) in [5.41, 5.74) is 23.9. The second-order valence-electron chi connectivity index (χ2n) is 24.8. The molecule has 0 unspecified atom stereocenters. The smallest absolute Gasteiger partial charge is 0.123 e. The van der Waals surface area contributed by atoms with Gasteiger partial charge >= 0.3 is 0 Å². The summed E-state index contributed by atoms with van der Waals surface area (Å²) < 4.78 is 28.7. The minimum absolute atomic E-state index is 0.235. The third-order valence-electron chi connectivity index (χ3n) is 19.6. The largest absolute Gasteiger partial charge is 0.207 e. The highest BCUT2D eigenvalue weighted by atomic mass is 19.1. The van der Waals surface area contributed by atoms with Gasteiger partial charge < -0.3 is 0 Å². The van der Waals surface area contributed by atoms with E-state index in [-0.39, 0.29) is 22.5 Å². The van der Waals surface area contributed by atoms with Crippen LogP contribution in [0.5, 0.6) is 0 Å². The van der Waals surface area contributed by atoms with Crippen molar-refractivity contribution in [2.24, 2.45) is 0 Å². The minimum Gasteiger partial charge on any atom is -0.207 e. The van der Waals surface area contributed by atoms with Crippen LogP contribution < -0.4 is 0 Å². The summed E-state index contributed by atoms with van der Waals surface area (Å²) in [4.78, 5) is 0. The molecule has 0 aliphatic heterocycles. The normalized spacial score (nSPS) is 13.7. The molecule has 0 heterocycles. The van der Waals surface area contributed by atoms with E-state index >= 15 is 0 Å². The van der Waals surface area contributed by atoms with Crippen LogP contribution in [0, 0.1) is 11.6 Å². The van der Waals surface area contributed by atoms with E-state index in [9.17, 15) is 8.78 Å². The number of fused-ring (bicyclic) bond motifs is 12. The molecule has 0 amide bonds. The molecular formula is C84H56F2. The van der Waals surface area contributed by atoms with Crippen LogP contribution >= 0.6 is 0 Å². The molecule has 17 rings (SSSR count). The average Bonchev–Trinajstić information content (AvgIpc) is 1.05. The number of halogens is 2. The second kappa shape index (κ2) is 18.6. The number of benzene rings is 15. The molecule has 2 aliphatic carbocycles. The third-order valence-corrected chi connectivity index (χ3v) is 19.6. The first-order valence-electron chi connectivity index (χ1n) is 29.9. The average molecular weight is 1100 g/mol. The maximum atomic E-state index is 14.4. The van der Waals surface area contributed by atoms with Crippen molar-refractivity contribution in [3.63, 3.8) is 0 Å². The van der Waals surface area contributed by atoms with Gasteiger partial charge in [-0.05, 0) is 224 Å². The summed E-state index contributed by atoms with van der Waals surface area (Å²) in [6.45, 7) is 9.58. The molecule has 86 heavy (non-hydrogen) atoms. The number of hydrogen-bond acceptors (Lipinski definition) is 0. The molecule has 0 saturated carbocycles. The Balaban J connectivity index is 0.750. The van der Waals surface area contributed by atoms with E-state index in [4.69, 9.17) is 0 Å². The van der Waals surface area contributed by atoms with Crippen LogP contribution in [0.1, 0.15) is 49.9 Å². The molecule has 0 radical (unpaired) electrons. The van der Waals surface area contributed by atoms with Crippen LogP contribution in [-0.2, 0) is 10.8 Å². The van der Waals surface area contributed by atoms with Crippen LogP contribution in [0.3, 0.4) is 0 Å². The van der Waals surface area contributed by atoms with Crippen LogP contribution in [0.25, 0.3) is 154 Å². The van der Waals surface area contributed by atoms with Gasteiger partial charge in [-0.25, -0.2) is 8.78 Å². The Bertz CT molecular complexity index is 5240. The molecule has 15 aromatic carbocycles. The van der Waals surface area contributed by atoms with Crippen LogP contribution in [0.4, 0.5) is 8.78 Å². The fraction of sp³-hybridized carbons (Fsp3) is 0.0714. The fourth-order valence-corrected chi connectivity index (χ4v) is 15.5. The van der Waals surface area contributed by atoms with Crippen molar-refractivity contribution in [1.29, 1.82) is 0 Å². The molecule has 0 aromatic heterocycles. The molecule has 0 fully saturated rings. The monoisotopic (exact) mass is 1100 g/mol. The summed E-state index contributed by atoms with van der Waals surface area (Å²) in [5.74, 6) is -0.476. The summed E-state index contributed by atoms with van der Waals surface area (Å²) in [5, 5.41) is 14.1. The molecule has 0 spiro atoms. The van der Waals surface area contributed by atoms with Crippen molar-refractivity contribution < 1.29 is 8.78 Å². The van der Waals surface area contributed by atoms with Gasteiger partial charge in [-0.15, -0.1) is 0 Å². The van der Waals surface area contributed by atoms with Crippen molar-refractivity contribution >= 4 is 64.6 Å². The first kappa shape index (κ1) is 50.3. The maximum Gasteiger partial charge on any atom is 0.123 e. The van der Waals surface area contributed by atoms with Gasteiger partial charge in [-0.1, -0.05) is 246 Å². The van der Waals surface area contributed by atoms with Crippen molar-refractivity contribution in [2.75, 3.05) is 0 Å². The zero-order chi connectivity index (χ0) is 57.7. The molecular weight excluding hydrogens is 1050 g/mol. The SMILES string of the molecule is CC1(C)c2cc(-c3ccc4c(c3)C(C)(C)c3cc(-c5c6ccccc6c(-c6c7ccccc7c(-c7ccc(F)cc7)c7ccccc67)c6ccccc56)ccc3-4)ccc2-c2ccc(-c3c4ccccc4c(-c4ccc(F)cc4)c4ccccc34)cc21. The molecule has 0 atom stereocenters. The molecule has 2 heteroatoms. The zero-order valence-electron chi connectivity index (χ0n) is 48.2. The Labute approximate surface area is 498 Å². The van der Waals surface area contributed by atoms with Crippen molar-refractivity contribution in [2.45, 2.75) is 38.5 Å². The number of rotatable bonds is 6. The third kappa shape index (κ3) is 7.26. The topological polar surface area (TPSA) is 0 Å². The number of hydrogen-bond donors (Lipinski definition) is 0. The van der Waals surface area contributed by atoms with Gasteiger partial charge in [0.05, 0.1) is 0 Å². The van der Waals surface area contributed by atoms with E-state index in [1.807, 2.05) is 24.3 Å². The quantitative estimate of drug-likeness (QED) is 0.146. The van der Waals surface area contributed by atoms with E-state index < -0.39 is 0 Å². The Kier molecular flexibility index (Phi) is 10.9. The lowest BCUT2D eigenvalue weighted by molar-refractivity contribution is 0.627. The molecule has 0 nitrogen and oxygen atoms in total. The summed E-state index contributed by atoms with van der Waals surface area (Å²) >= 11 is 0. The van der Waals surface area contributed by atoms with E-state index in [0.29, 0.717) is 0 Å². The van der Waals surface area contributed by atoms with E-state index in [1.165, 1.54) is 132 Å². The second-order valence-corrected chi connectivity index (χ2v) is 24.8. The lowest BCUT2D eigenvalue weighted by Gasteiger charge is -2.24. The van der Waals surface area contributed by atoms with Crippen LogP contribution in [0.2, 0.25) is 0 Å². The fourth-order valence-electron chi connectivity index (χ4n) is 15.5. The minimum atomic E-state index is -0.277. The molecule has 0 saturated heterocycles. The van der Waals surface area contributed by atoms with E-state index in [2.05, 4.69) is 246 Å². The van der Waals surface area contributed by atoms with E-state index in [1.54, 1.807) is 24.3 Å². The highest BCUT2D eigenvalue weighted by Gasteiger charge is 2.39. The van der Waals surface area contributed by atoms with Gasteiger partial charge in [0.2, 0.25) is 0 Å². The van der Waals surface area contributed by atoms with Crippen molar-refractivity contribution in [1.82, 2.24) is 0 Å². The highest BCUT2D eigenvalue weighted by Crippen LogP contribution is 2.56. The van der Waals surface area contributed by atoms with Gasteiger partial charge in [-0.2, -0.15) is 0 Å². The molecule has 0 bridgehead atoms. The first-order chi connectivity index (χ1) is 42.0. The van der Waals surface area contributed by atoms with Crippen LogP contribution in [0.15, 0.2) is 267 Å². The molecule has 2 aliphatic rings. The van der Waals surface area contributed by atoms with Gasteiger partial charge in [0, 0.05) is 10.8 Å². The Morgan fingerprint density at radius 1 is 0.198 bits per heavy atom. The van der Waals surface area contributed by atoms with Crippen molar-refractivity contribution in [3.8, 4) is 89.0 Å². The van der Waals surface area contributed by atoms with Gasteiger partial charge in [0.1, 0.15) is 11.6 Å². The standard InChI is InChI=1S/C84H56F2/c1-83(2)73-45-51(33-41-57(73)59-43-35-53(47-75(59)83)79-63-19-7-5-17-61(63)77(49-29-37-55(85)38-30-49)62-18-6-8-20-64(62)79)52-34-42-58-60-44-36-54(48-76(60)84(3,4)74(58)46-52)80-67-23-11-15-27-71(67)82(72-28-16-12-24-68(72)80)81-69-25-13-9-21-65(69)78(50-31-39-56(86)40-32-50)66-22-10-14-26-70(66)81/h5-48H,1-4H3. The molecule has 0 N–H and O–H groups in total. The Morgan fingerprint density at radius 2 is 0.384 bits per heavy atom. The van der Waals surface area contributed by atoms with E-state index in [0.717, 1.165) is 43.8 Å². The first-order valence-corrected chi connectivity index (χ1v) is 29.9. The lowest BCUT2D eigenvalue weighted by atomic mass is 9.78. The zero-order valence-corrected chi connectivity index (χ0v) is 48.2.